The number of aromatic nitrogens is 2. The molecule has 4 rings (SSSR count). The minimum absolute atomic E-state index is 0.0926. The average Bonchev–Trinajstić information content (AvgIpc) is 3.18. The number of fused-ring (bicyclic) bond motifs is 1. The van der Waals surface area contributed by atoms with Crippen LogP contribution < -0.4 is 10.6 Å². The molecule has 1 aliphatic rings. The largest absolute Gasteiger partial charge is 0.324 e. The minimum atomic E-state index is -0.775. The van der Waals surface area contributed by atoms with E-state index in [1.165, 1.54) is 16.8 Å². The lowest BCUT2D eigenvalue weighted by Crippen LogP contribution is -2.23. The van der Waals surface area contributed by atoms with Gasteiger partial charge in [0, 0.05) is 5.56 Å². The van der Waals surface area contributed by atoms with Crippen LogP contribution >= 0.6 is 0 Å². The molecule has 0 fully saturated rings. The van der Waals surface area contributed by atoms with Crippen LogP contribution in [0.25, 0.3) is 11.1 Å². The van der Waals surface area contributed by atoms with Crippen LogP contribution in [-0.4, -0.2) is 21.6 Å². The second kappa shape index (κ2) is 6.92. The Morgan fingerprint density at radius 2 is 1.89 bits per heavy atom. The van der Waals surface area contributed by atoms with Crippen LogP contribution in [-0.2, 0) is 9.59 Å². The van der Waals surface area contributed by atoms with E-state index < -0.39 is 17.8 Å². The third-order valence-corrected chi connectivity index (χ3v) is 4.77. The molecule has 7 heteroatoms. The second-order valence-corrected chi connectivity index (χ2v) is 6.96. The number of nitrogens with one attached hydrogen (secondary N) is 2. The number of hydrogen-bond donors (Lipinski definition) is 2. The van der Waals surface area contributed by atoms with Gasteiger partial charge in [-0.25, -0.2) is 9.07 Å². The number of amides is 2. The summed E-state index contributed by atoms with van der Waals surface area (Å²) in [6.07, 6.45) is 1.53. The van der Waals surface area contributed by atoms with Crippen molar-refractivity contribution in [2.75, 3.05) is 10.6 Å². The molecule has 6 nitrogen and oxygen atoms in total. The number of nitrogens with zero attached hydrogens (tertiary/aromatic N) is 2. The normalized spacial score (nSPS) is 15.2. The molecule has 1 unspecified atom stereocenters. The molecule has 1 aliphatic heterocycles. The molecule has 0 spiro atoms. The van der Waals surface area contributed by atoms with Crippen LogP contribution in [0.5, 0.6) is 0 Å². The van der Waals surface area contributed by atoms with Crippen LogP contribution in [0.2, 0.25) is 0 Å². The van der Waals surface area contributed by atoms with Crippen molar-refractivity contribution in [1.82, 2.24) is 9.78 Å². The fourth-order valence-electron chi connectivity index (χ4n) is 3.26. The van der Waals surface area contributed by atoms with Crippen LogP contribution in [0.1, 0.15) is 23.6 Å². The van der Waals surface area contributed by atoms with E-state index in [2.05, 4.69) is 15.7 Å². The summed E-state index contributed by atoms with van der Waals surface area (Å²) < 4.78 is 15.5. The molecule has 0 aliphatic carbocycles. The number of hydrogen-bond acceptors (Lipinski definition) is 3. The van der Waals surface area contributed by atoms with Gasteiger partial charge in [0.1, 0.15) is 17.7 Å². The summed E-state index contributed by atoms with van der Waals surface area (Å²) in [6.45, 7) is 3.77. The zero-order valence-corrected chi connectivity index (χ0v) is 15.5. The number of anilines is 2. The van der Waals surface area contributed by atoms with Gasteiger partial charge < -0.3 is 10.6 Å². The van der Waals surface area contributed by atoms with Gasteiger partial charge in [0.25, 0.3) is 5.91 Å². The first-order chi connectivity index (χ1) is 13.4. The Morgan fingerprint density at radius 1 is 1.18 bits per heavy atom. The highest BCUT2D eigenvalue weighted by atomic mass is 19.1. The number of carbonyl (C=O) groups is 2. The Kier molecular flexibility index (Phi) is 4.43. The Hall–Kier alpha value is -3.48. The predicted molar refractivity (Wildman–Crippen MR) is 104 cm³/mol. The van der Waals surface area contributed by atoms with Gasteiger partial charge in [-0.15, -0.1) is 0 Å². The first-order valence-electron chi connectivity index (χ1n) is 8.94. The summed E-state index contributed by atoms with van der Waals surface area (Å²) in [5.41, 5.74) is 3.71. The highest BCUT2D eigenvalue weighted by Crippen LogP contribution is 2.35. The van der Waals surface area contributed by atoms with Gasteiger partial charge in [-0.05, 0) is 37.1 Å². The standard InChI is InChI=1S/C21H19FN4O2/c1-12-3-6-14(7-4-12)15-11-23-26-18(21(28)25-20(15)26)10-19(27)24-17-8-5-13(2)9-16(17)22/h3-9,11,18H,10H2,1-2H3,(H,24,27)(H,25,28). The first-order valence-corrected chi connectivity index (χ1v) is 8.94. The lowest BCUT2D eigenvalue weighted by molar-refractivity contribution is -0.123. The predicted octanol–water partition coefficient (Wildman–Crippen LogP) is 3.83. The van der Waals surface area contributed by atoms with Gasteiger partial charge in [0.05, 0.1) is 18.3 Å². The molecule has 28 heavy (non-hydrogen) atoms. The number of aryl methyl sites for hydroxylation is 2. The van der Waals surface area contributed by atoms with E-state index >= 15 is 0 Å². The van der Waals surface area contributed by atoms with Gasteiger partial charge in [0.2, 0.25) is 5.91 Å². The van der Waals surface area contributed by atoms with Crippen molar-refractivity contribution in [3.8, 4) is 11.1 Å². The molecule has 2 aromatic carbocycles. The number of benzene rings is 2. The van der Waals surface area contributed by atoms with E-state index in [-0.39, 0.29) is 18.0 Å². The second-order valence-electron chi connectivity index (χ2n) is 6.96. The van der Waals surface area contributed by atoms with Crippen molar-refractivity contribution in [1.29, 1.82) is 0 Å². The van der Waals surface area contributed by atoms with Gasteiger partial charge >= 0.3 is 0 Å². The van der Waals surface area contributed by atoms with E-state index in [0.29, 0.717) is 5.82 Å². The average molecular weight is 378 g/mol. The molecule has 3 aromatic rings. The lowest BCUT2D eigenvalue weighted by atomic mass is 10.1. The number of halogens is 1. The highest BCUT2D eigenvalue weighted by molar-refractivity contribution is 6.04. The number of carbonyl (C=O) groups excluding carboxylic acids is 2. The highest BCUT2D eigenvalue weighted by Gasteiger charge is 2.35. The summed E-state index contributed by atoms with van der Waals surface area (Å²) in [5, 5.41) is 9.63. The van der Waals surface area contributed by atoms with Gasteiger partial charge in [-0.3, -0.25) is 9.59 Å². The number of rotatable bonds is 4. The maximum Gasteiger partial charge on any atom is 0.251 e. The maximum atomic E-state index is 13.9. The quantitative estimate of drug-likeness (QED) is 0.724. The monoisotopic (exact) mass is 378 g/mol. The zero-order chi connectivity index (χ0) is 19.8. The van der Waals surface area contributed by atoms with Crippen molar-refractivity contribution in [2.45, 2.75) is 26.3 Å². The molecule has 2 N–H and O–H groups in total. The van der Waals surface area contributed by atoms with Crippen molar-refractivity contribution in [2.24, 2.45) is 0 Å². The summed E-state index contributed by atoms with van der Waals surface area (Å²) in [4.78, 5) is 24.8. The Balaban J connectivity index is 1.53. The molecular formula is C21H19FN4O2. The summed E-state index contributed by atoms with van der Waals surface area (Å²) in [7, 11) is 0. The fourth-order valence-corrected chi connectivity index (χ4v) is 3.26. The maximum absolute atomic E-state index is 13.9. The molecule has 1 atom stereocenters. The Labute approximate surface area is 161 Å². The van der Waals surface area contributed by atoms with Gasteiger partial charge in [-0.2, -0.15) is 5.10 Å². The molecule has 142 valence electrons. The molecule has 2 heterocycles. The van der Waals surface area contributed by atoms with E-state index in [0.717, 1.165) is 22.3 Å². The van der Waals surface area contributed by atoms with Gasteiger partial charge in [0.15, 0.2) is 0 Å². The Bertz CT molecular complexity index is 1070. The van der Waals surface area contributed by atoms with Crippen molar-refractivity contribution in [3.63, 3.8) is 0 Å². The molecule has 0 radical (unpaired) electrons. The van der Waals surface area contributed by atoms with Crippen LogP contribution in [0.4, 0.5) is 15.9 Å². The molecule has 0 saturated carbocycles. The zero-order valence-electron chi connectivity index (χ0n) is 15.5. The minimum Gasteiger partial charge on any atom is -0.324 e. The molecule has 2 amide bonds. The lowest BCUT2D eigenvalue weighted by Gasteiger charge is -2.10. The van der Waals surface area contributed by atoms with Crippen molar-refractivity contribution >= 4 is 23.3 Å². The van der Waals surface area contributed by atoms with Crippen LogP contribution in [0.15, 0.2) is 48.7 Å². The molecule has 0 saturated heterocycles. The topological polar surface area (TPSA) is 76.0 Å². The smallest absolute Gasteiger partial charge is 0.251 e. The third kappa shape index (κ3) is 3.26. The summed E-state index contributed by atoms with van der Waals surface area (Å²) in [6, 6.07) is 11.7. The molecule has 0 bridgehead atoms. The Morgan fingerprint density at radius 3 is 2.61 bits per heavy atom. The first kappa shape index (κ1) is 17.9. The molecule has 1 aromatic heterocycles. The van der Waals surface area contributed by atoms with E-state index in [1.54, 1.807) is 19.2 Å². The molecular weight excluding hydrogens is 359 g/mol. The SMILES string of the molecule is Cc1ccc(-c2cnn3c2NC(=O)C3CC(=O)Nc2ccc(C)cc2F)cc1. The van der Waals surface area contributed by atoms with Crippen molar-refractivity contribution < 1.29 is 14.0 Å². The van der Waals surface area contributed by atoms with Gasteiger partial charge in [-0.1, -0.05) is 35.9 Å². The van der Waals surface area contributed by atoms with Crippen LogP contribution in [0, 0.1) is 19.7 Å². The van der Waals surface area contributed by atoms with E-state index in [4.69, 9.17) is 0 Å². The van der Waals surface area contributed by atoms with Crippen molar-refractivity contribution in [3.05, 3.63) is 65.6 Å². The van der Waals surface area contributed by atoms with E-state index in [9.17, 15) is 14.0 Å². The fraction of sp³-hybridized carbons (Fsp3) is 0.190. The van der Waals surface area contributed by atoms with E-state index in [1.807, 2.05) is 31.2 Å². The summed E-state index contributed by atoms with van der Waals surface area (Å²) in [5.74, 6) is -0.710. The summed E-state index contributed by atoms with van der Waals surface area (Å²) >= 11 is 0. The third-order valence-electron chi connectivity index (χ3n) is 4.77. The van der Waals surface area contributed by atoms with Crippen LogP contribution in [0.3, 0.4) is 0 Å².